The van der Waals surface area contributed by atoms with Crippen LogP contribution in [0.15, 0.2) is 30.3 Å². The van der Waals surface area contributed by atoms with Gasteiger partial charge in [0.15, 0.2) is 0 Å². The number of rotatable bonds is 5. The second kappa shape index (κ2) is 6.86. The van der Waals surface area contributed by atoms with Crippen LogP contribution in [-0.4, -0.2) is 38.4 Å². The molecule has 1 fully saturated rings. The summed E-state index contributed by atoms with van der Waals surface area (Å²) in [7, 11) is 0. The van der Waals surface area contributed by atoms with Crippen molar-refractivity contribution in [3.8, 4) is 5.75 Å². The van der Waals surface area contributed by atoms with Gasteiger partial charge in [-0.3, -0.25) is 0 Å². The van der Waals surface area contributed by atoms with Crippen LogP contribution in [0.2, 0.25) is 0 Å². The highest BCUT2D eigenvalue weighted by Gasteiger charge is 2.17. The lowest BCUT2D eigenvalue weighted by Crippen LogP contribution is -2.43. The lowest BCUT2D eigenvalue weighted by Gasteiger charge is -2.12. The Bertz CT molecular complexity index is 364. The summed E-state index contributed by atoms with van der Waals surface area (Å²) in [5.41, 5.74) is 0. The predicted molar refractivity (Wildman–Crippen MR) is 67.7 cm³/mol. The van der Waals surface area contributed by atoms with E-state index in [1.54, 1.807) is 0 Å². The molecule has 2 amide bonds. The number of hydrogen-bond acceptors (Lipinski definition) is 3. The monoisotopic (exact) mass is 250 g/mol. The minimum Gasteiger partial charge on any atom is -0.492 e. The van der Waals surface area contributed by atoms with Crippen molar-refractivity contribution in [2.24, 2.45) is 0 Å². The highest BCUT2D eigenvalue weighted by atomic mass is 16.5. The summed E-state index contributed by atoms with van der Waals surface area (Å²) in [4.78, 5) is 11.5. The first kappa shape index (κ1) is 12.7. The predicted octanol–water partition coefficient (Wildman–Crippen LogP) is 1.15. The Balaban J connectivity index is 1.56. The van der Waals surface area contributed by atoms with Gasteiger partial charge < -0.3 is 20.1 Å². The van der Waals surface area contributed by atoms with E-state index < -0.39 is 0 Å². The van der Waals surface area contributed by atoms with Gasteiger partial charge in [-0.2, -0.15) is 0 Å². The molecule has 0 bridgehead atoms. The quantitative estimate of drug-likeness (QED) is 0.771. The Morgan fingerprint density at radius 3 is 2.94 bits per heavy atom. The maximum atomic E-state index is 11.5. The average molecular weight is 250 g/mol. The summed E-state index contributed by atoms with van der Waals surface area (Å²) < 4.78 is 10.6. The van der Waals surface area contributed by atoms with E-state index in [0.717, 1.165) is 18.8 Å². The molecule has 1 atom stereocenters. The van der Waals surface area contributed by atoms with Crippen LogP contribution in [-0.2, 0) is 4.74 Å². The van der Waals surface area contributed by atoms with Gasteiger partial charge in [0.1, 0.15) is 12.4 Å². The zero-order chi connectivity index (χ0) is 12.6. The molecule has 1 aromatic carbocycles. The average Bonchev–Trinajstić information content (AvgIpc) is 2.89. The summed E-state index contributed by atoms with van der Waals surface area (Å²) in [6, 6.07) is 9.50. The zero-order valence-corrected chi connectivity index (χ0v) is 10.2. The number of nitrogens with one attached hydrogen (secondary N) is 2. The van der Waals surface area contributed by atoms with Crippen molar-refractivity contribution in [1.29, 1.82) is 0 Å². The van der Waals surface area contributed by atoms with Gasteiger partial charge >= 0.3 is 6.03 Å². The Morgan fingerprint density at radius 2 is 2.22 bits per heavy atom. The Hall–Kier alpha value is -1.75. The number of hydrogen-bond donors (Lipinski definition) is 2. The molecule has 1 saturated heterocycles. The highest BCUT2D eigenvalue weighted by Crippen LogP contribution is 2.07. The minimum atomic E-state index is -0.165. The first-order valence-corrected chi connectivity index (χ1v) is 6.14. The fraction of sp³-hybridized carbons (Fsp3) is 0.462. The van der Waals surface area contributed by atoms with E-state index in [0.29, 0.717) is 19.8 Å². The van der Waals surface area contributed by atoms with Crippen molar-refractivity contribution in [1.82, 2.24) is 10.6 Å². The lowest BCUT2D eigenvalue weighted by molar-refractivity contribution is 0.188. The smallest absolute Gasteiger partial charge is 0.315 e. The molecule has 0 radical (unpaired) electrons. The zero-order valence-electron chi connectivity index (χ0n) is 10.2. The second-order valence-corrected chi connectivity index (χ2v) is 4.12. The van der Waals surface area contributed by atoms with Gasteiger partial charge in [0.05, 0.1) is 19.2 Å². The van der Waals surface area contributed by atoms with Gasteiger partial charge in [-0.25, -0.2) is 4.79 Å². The normalized spacial score (nSPS) is 18.3. The number of carbonyl (C=O) groups is 1. The molecule has 2 rings (SSSR count). The maximum absolute atomic E-state index is 11.5. The van der Waals surface area contributed by atoms with Crippen LogP contribution in [0.25, 0.3) is 0 Å². The van der Waals surface area contributed by atoms with Crippen LogP contribution < -0.4 is 15.4 Å². The molecule has 98 valence electrons. The fourth-order valence-electron chi connectivity index (χ4n) is 1.73. The van der Waals surface area contributed by atoms with Crippen molar-refractivity contribution in [3.05, 3.63) is 30.3 Å². The fourth-order valence-corrected chi connectivity index (χ4v) is 1.73. The summed E-state index contributed by atoms with van der Waals surface area (Å²) in [6.07, 6.45) is 0.883. The Morgan fingerprint density at radius 1 is 1.39 bits per heavy atom. The third-order valence-electron chi connectivity index (χ3n) is 2.66. The number of ether oxygens (including phenoxy) is 2. The number of amides is 2. The SMILES string of the molecule is O=C(NCCOc1ccccc1)NC1CCOC1. The molecular formula is C13H18N2O3. The van der Waals surface area contributed by atoms with Crippen LogP contribution in [0.4, 0.5) is 4.79 Å². The first-order chi connectivity index (χ1) is 8.84. The Kier molecular flexibility index (Phi) is 4.84. The van der Waals surface area contributed by atoms with Gasteiger partial charge in [-0.05, 0) is 18.6 Å². The van der Waals surface area contributed by atoms with E-state index >= 15 is 0 Å². The first-order valence-electron chi connectivity index (χ1n) is 6.14. The van der Waals surface area contributed by atoms with E-state index in [1.807, 2.05) is 30.3 Å². The van der Waals surface area contributed by atoms with Crippen molar-refractivity contribution < 1.29 is 14.3 Å². The maximum Gasteiger partial charge on any atom is 0.315 e. The van der Waals surface area contributed by atoms with E-state index in [4.69, 9.17) is 9.47 Å². The molecule has 18 heavy (non-hydrogen) atoms. The minimum absolute atomic E-state index is 0.139. The number of para-hydroxylation sites is 1. The molecule has 2 N–H and O–H groups in total. The van der Waals surface area contributed by atoms with E-state index in [-0.39, 0.29) is 12.1 Å². The Labute approximate surface area is 106 Å². The van der Waals surface area contributed by atoms with Crippen molar-refractivity contribution in [2.45, 2.75) is 12.5 Å². The molecular weight excluding hydrogens is 232 g/mol. The topological polar surface area (TPSA) is 59.6 Å². The van der Waals surface area contributed by atoms with E-state index in [2.05, 4.69) is 10.6 Å². The van der Waals surface area contributed by atoms with Gasteiger partial charge in [-0.15, -0.1) is 0 Å². The molecule has 1 heterocycles. The van der Waals surface area contributed by atoms with Crippen molar-refractivity contribution >= 4 is 6.03 Å². The van der Waals surface area contributed by atoms with Gasteiger partial charge in [-0.1, -0.05) is 18.2 Å². The van der Waals surface area contributed by atoms with Crippen LogP contribution in [0.3, 0.4) is 0 Å². The number of benzene rings is 1. The molecule has 1 aliphatic rings. The van der Waals surface area contributed by atoms with Crippen molar-refractivity contribution in [3.63, 3.8) is 0 Å². The summed E-state index contributed by atoms with van der Waals surface area (Å²) >= 11 is 0. The molecule has 0 saturated carbocycles. The van der Waals surface area contributed by atoms with Gasteiger partial charge in [0.25, 0.3) is 0 Å². The van der Waals surface area contributed by atoms with E-state index in [1.165, 1.54) is 0 Å². The van der Waals surface area contributed by atoms with Crippen LogP contribution in [0.1, 0.15) is 6.42 Å². The van der Waals surface area contributed by atoms with E-state index in [9.17, 15) is 4.79 Å². The van der Waals surface area contributed by atoms with Crippen LogP contribution >= 0.6 is 0 Å². The summed E-state index contributed by atoms with van der Waals surface area (Å²) in [5.74, 6) is 0.809. The highest BCUT2D eigenvalue weighted by molar-refractivity contribution is 5.74. The summed E-state index contributed by atoms with van der Waals surface area (Å²) in [5, 5.41) is 5.60. The molecule has 5 heteroatoms. The van der Waals surface area contributed by atoms with Crippen molar-refractivity contribution in [2.75, 3.05) is 26.4 Å². The molecule has 0 aliphatic carbocycles. The molecule has 0 aromatic heterocycles. The van der Waals surface area contributed by atoms with Crippen LogP contribution in [0, 0.1) is 0 Å². The standard InChI is InChI=1S/C13H18N2O3/c16-13(15-11-6-8-17-10-11)14-7-9-18-12-4-2-1-3-5-12/h1-5,11H,6-10H2,(H2,14,15,16). The lowest BCUT2D eigenvalue weighted by atomic mass is 10.3. The van der Waals surface area contributed by atoms with Gasteiger partial charge in [0.2, 0.25) is 0 Å². The third-order valence-corrected chi connectivity index (χ3v) is 2.66. The third kappa shape index (κ3) is 4.25. The number of urea groups is 1. The molecule has 0 spiro atoms. The molecule has 1 aliphatic heterocycles. The molecule has 1 unspecified atom stereocenters. The molecule has 5 nitrogen and oxygen atoms in total. The number of carbonyl (C=O) groups excluding carboxylic acids is 1. The van der Waals surface area contributed by atoms with Gasteiger partial charge in [0, 0.05) is 6.61 Å². The van der Waals surface area contributed by atoms with Crippen LogP contribution in [0.5, 0.6) is 5.75 Å². The largest absolute Gasteiger partial charge is 0.492 e. The molecule has 1 aromatic rings. The summed E-state index contributed by atoms with van der Waals surface area (Å²) in [6.45, 7) is 2.27. The second-order valence-electron chi connectivity index (χ2n) is 4.12.